The second kappa shape index (κ2) is 3.42. The minimum atomic E-state index is 0.419. The molecule has 1 saturated heterocycles. The molecule has 1 aromatic rings. The molecule has 1 aliphatic heterocycles. The van der Waals surface area contributed by atoms with Crippen LogP contribution in [0.4, 0.5) is 5.82 Å². The van der Waals surface area contributed by atoms with Gasteiger partial charge in [-0.25, -0.2) is 4.98 Å². The topological polar surface area (TPSA) is 60.7 Å². The van der Waals surface area contributed by atoms with E-state index in [0.717, 1.165) is 13.1 Å². The van der Waals surface area contributed by atoms with E-state index in [2.05, 4.69) is 21.7 Å². The zero-order chi connectivity index (χ0) is 9.10. The monoisotopic (exact) mass is 174 g/mol. The fourth-order valence-corrected chi connectivity index (χ4v) is 1.19. The van der Waals surface area contributed by atoms with E-state index in [0.29, 0.717) is 17.4 Å². The second-order valence-electron chi connectivity index (χ2n) is 3.01. The smallest absolute Gasteiger partial charge is 0.144 e. The number of pyridine rings is 1. The maximum atomic E-state index is 8.78. The molecule has 4 nitrogen and oxygen atoms in total. The number of hydrogen-bond donors (Lipinski definition) is 2. The van der Waals surface area contributed by atoms with Gasteiger partial charge in [0.15, 0.2) is 0 Å². The summed E-state index contributed by atoms with van der Waals surface area (Å²) < 4.78 is 0. The van der Waals surface area contributed by atoms with Crippen LogP contribution in [-0.2, 0) is 0 Å². The quantitative estimate of drug-likeness (QED) is 0.678. The SMILES string of the molecule is N#Cc1cccnc1NC1CNC1. The molecule has 1 aliphatic rings. The van der Waals surface area contributed by atoms with Crippen LogP contribution in [0.2, 0.25) is 0 Å². The molecule has 2 heterocycles. The summed E-state index contributed by atoms with van der Waals surface area (Å²) in [6.07, 6.45) is 1.69. The van der Waals surface area contributed by atoms with Gasteiger partial charge in [0.05, 0.1) is 11.6 Å². The lowest BCUT2D eigenvalue weighted by Gasteiger charge is -2.28. The molecule has 1 fully saturated rings. The number of nitriles is 1. The number of hydrogen-bond acceptors (Lipinski definition) is 4. The van der Waals surface area contributed by atoms with Crippen LogP contribution >= 0.6 is 0 Å². The third kappa shape index (κ3) is 1.60. The van der Waals surface area contributed by atoms with E-state index in [-0.39, 0.29) is 0 Å². The van der Waals surface area contributed by atoms with Gasteiger partial charge < -0.3 is 10.6 Å². The fourth-order valence-electron chi connectivity index (χ4n) is 1.19. The Morgan fingerprint density at radius 1 is 1.62 bits per heavy atom. The summed E-state index contributed by atoms with van der Waals surface area (Å²) in [5.74, 6) is 0.691. The molecule has 0 radical (unpaired) electrons. The predicted molar refractivity (Wildman–Crippen MR) is 49.2 cm³/mol. The van der Waals surface area contributed by atoms with Crippen LogP contribution in [0.5, 0.6) is 0 Å². The van der Waals surface area contributed by atoms with Crippen molar-refractivity contribution in [3.8, 4) is 6.07 Å². The Kier molecular flexibility index (Phi) is 2.11. The predicted octanol–water partition coefficient (Wildman–Crippen LogP) is 0.337. The number of aromatic nitrogens is 1. The van der Waals surface area contributed by atoms with Crippen molar-refractivity contribution in [2.45, 2.75) is 6.04 Å². The molecular formula is C9H10N4. The highest BCUT2D eigenvalue weighted by molar-refractivity contribution is 5.52. The molecule has 0 amide bonds. The van der Waals surface area contributed by atoms with Crippen molar-refractivity contribution in [1.82, 2.24) is 10.3 Å². The van der Waals surface area contributed by atoms with Gasteiger partial charge in [0.1, 0.15) is 11.9 Å². The summed E-state index contributed by atoms with van der Waals surface area (Å²) in [6, 6.07) is 6.05. The molecule has 13 heavy (non-hydrogen) atoms. The van der Waals surface area contributed by atoms with Crippen molar-refractivity contribution in [3.63, 3.8) is 0 Å². The Balaban J connectivity index is 2.14. The number of nitrogens with zero attached hydrogens (tertiary/aromatic N) is 2. The maximum absolute atomic E-state index is 8.78. The molecule has 0 spiro atoms. The van der Waals surface area contributed by atoms with Crippen LogP contribution < -0.4 is 10.6 Å². The average molecular weight is 174 g/mol. The number of nitrogens with one attached hydrogen (secondary N) is 2. The van der Waals surface area contributed by atoms with Gasteiger partial charge >= 0.3 is 0 Å². The summed E-state index contributed by atoms with van der Waals surface area (Å²) >= 11 is 0. The molecular weight excluding hydrogens is 164 g/mol. The molecule has 66 valence electrons. The van der Waals surface area contributed by atoms with Crippen molar-refractivity contribution < 1.29 is 0 Å². The van der Waals surface area contributed by atoms with Gasteiger partial charge in [-0.05, 0) is 12.1 Å². The Morgan fingerprint density at radius 2 is 2.46 bits per heavy atom. The molecule has 2 N–H and O–H groups in total. The highest BCUT2D eigenvalue weighted by atomic mass is 15.1. The van der Waals surface area contributed by atoms with Crippen LogP contribution in [0.3, 0.4) is 0 Å². The minimum absolute atomic E-state index is 0.419. The first-order valence-electron chi connectivity index (χ1n) is 4.22. The van der Waals surface area contributed by atoms with Gasteiger partial charge in [-0.3, -0.25) is 0 Å². The van der Waals surface area contributed by atoms with Crippen molar-refractivity contribution in [3.05, 3.63) is 23.9 Å². The lowest BCUT2D eigenvalue weighted by atomic mass is 10.1. The Hall–Kier alpha value is -1.60. The summed E-state index contributed by atoms with van der Waals surface area (Å²) in [7, 11) is 0. The van der Waals surface area contributed by atoms with E-state index < -0.39 is 0 Å². The lowest BCUT2D eigenvalue weighted by molar-refractivity contribution is 0.471. The first kappa shape index (κ1) is 8.02. The third-order valence-electron chi connectivity index (χ3n) is 2.05. The standard InChI is InChI=1S/C9H10N4/c10-4-7-2-1-3-12-9(7)13-8-5-11-6-8/h1-3,8,11H,5-6H2,(H,12,13). The molecule has 0 saturated carbocycles. The second-order valence-corrected chi connectivity index (χ2v) is 3.01. The van der Waals surface area contributed by atoms with Crippen LogP contribution in [0.1, 0.15) is 5.56 Å². The highest BCUT2D eigenvalue weighted by Crippen LogP contribution is 2.11. The summed E-state index contributed by atoms with van der Waals surface area (Å²) in [4.78, 5) is 4.11. The van der Waals surface area contributed by atoms with Crippen LogP contribution in [0.25, 0.3) is 0 Å². The zero-order valence-electron chi connectivity index (χ0n) is 7.12. The lowest BCUT2D eigenvalue weighted by Crippen LogP contribution is -2.51. The van der Waals surface area contributed by atoms with Crippen LogP contribution in [0, 0.1) is 11.3 Å². The van der Waals surface area contributed by atoms with Gasteiger partial charge in [0.2, 0.25) is 0 Å². The van der Waals surface area contributed by atoms with Crippen molar-refractivity contribution in [2.75, 3.05) is 18.4 Å². The average Bonchev–Trinajstić information content (AvgIpc) is 2.12. The highest BCUT2D eigenvalue weighted by Gasteiger charge is 2.17. The van der Waals surface area contributed by atoms with Crippen molar-refractivity contribution in [2.24, 2.45) is 0 Å². The normalized spacial score (nSPS) is 15.9. The van der Waals surface area contributed by atoms with Crippen molar-refractivity contribution >= 4 is 5.82 Å². The molecule has 0 unspecified atom stereocenters. The summed E-state index contributed by atoms with van der Waals surface area (Å²) in [5.41, 5.74) is 0.606. The fraction of sp³-hybridized carbons (Fsp3) is 0.333. The molecule has 4 heteroatoms. The third-order valence-corrected chi connectivity index (χ3v) is 2.05. The summed E-state index contributed by atoms with van der Waals surface area (Å²) in [6.45, 7) is 1.89. The van der Waals surface area contributed by atoms with Gasteiger partial charge in [0.25, 0.3) is 0 Å². The van der Waals surface area contributed by atoms with E-state index in [9.17, 15) is 0 Å². The molecule has 0 aromatic carbocycles. The number of anilines is 1. The van der Waals surface area contributed by atoms with E-state index in [1.165, 1.54) is 0 Å². The minimum Gasteiger partial charge on any atom is -0.364 e. The summed E-state index contributed by atoms with van der Waals surface area (Å²) in [5, 5.41) is 15.1. The van der Waals surface area contributed by atoms with E-state index >= 15 is 0 Å². The molecule has 0 atom stereocenters. The Bertz CT molecular complexity index is 338. The van der Waals surface area contributed by atoms with Crippen molar-refractivity contribution in [1.29, 1.82) is 5.26 Å². The van der Waals surface area contributed by atoms with Gasteiger partial charge in [-0.1, -0.05) is 0 Å². The van der Waals surface area contributed by atoms with Crippen LogP contribution in [-0.4, -0.2) is 24.1 Å². The largest absolute Gasteiger partial charge is 0.364 e. The molecule has 0 aliphatic carbocycles. The van der Waals surface area contributed by atoms with E-state index in [1.807, 2.05) is 0 Å². The first-order chi connectivity index (χ1) is 6.40. The maximum Gasteiger partial charge on any atom is 0.144 e. The van der Waals surface area contributed by atoms with Crippen LogP contribution in [0.15, 0.2) is 18.3 Å². The Labute approximate surface area is 76.6 Å². The zero-order valence-corrected chi connectivity index (χ0v) is 7.12. The number of rotatable bonds is 2. The van der Waals surface area contributed by atoms with E-state index in [4.69, 9.17) is 5.26 Å². The first-order valence-corrected chi connectivity index (χ1v) is 4.22. The Morgan fingerprint density at radius 3 is 3.08 bits per heavy atom. The van der Waals surface area contributed by atoms with Gasteiger partial charge in [-0.15, -0.1) is 0 Å². The van der Waals surface area contributed by atoms with Gasteiger partial charge in [-0.2, -0.15) is 5.26 Å². The van der Waals surface area contributed by atoms with Gasteiger partial charge in [0, 0.05) is 19.3 Å². The van der Waals surface area contributed by atoms with E-state index in [1.54, 1.807) is 18.3 Å². The molecule has 2 rings (SSSR count). The molecule has 1 aromatic heterocycles. The molecule has 0 bridgehead atoms.